The summed E-state index contributed by atoms with van der Waals surface area (Å²) in [7, 11) is 0. The second-order valence-corrected chi connectivity index (χ2v) is 4.89. The number of hydrogen-bond donors (Lipinski definition) is 4. The summed E-state index contributed by atoms with van der Waals surface area (Å²) >= 11 is 0. The number of hydrogen-bond acceptors (Lipinski definition) is 4. The predicted octanol–water partition coefficient (Wildman–Crippen LogP) is 0.154. The molecule has 20 heavy (non-hydrogen) atoms. The Morgan fingerprint density at radius 1 is 1.45 bits per heavy atom. The number of carbonyl (C=O) groups is 2. The van der Waals surface area contributed by atoms with Crippen molar-refractivity contribution in [3.8, 4) is 0 Å². The van der Waals surface area contributed by atoms with E-state index in [4.69, 9.17) is 5.73 Å². The fourth-order valence-electron chi connectivity index (χ4n) is 2.31. The second kappa shape index (κ2) is 4.84. The number of benzene rings is 1. The van der Waals surface area contributed by atoms with E-state index in [1.165, 1.54) is 0 Å². The van der Waals surface area contributed by atoms with Crippen LogP contribution in [0, 0.1) is 0 Å². The first-order valence-electron chi connectivity index (χ1n) is 6.44. The highest BCUT2D eigenvalue weighted by molar-refractivity contribution is 6.05. The van der Waals surface area contributed by atoms with Gasteiger partial charge in [-0.1, -0.05) is 0 Å². The monoisotopic (exact) mass is 273 g/mol. The number of nitrogens with one attached hydrogen (secondary N) is 3. The molecule has 0 bridgehead atoms. The third kappa shape index (κ3) is 2.29. The van der Waals surface area contributed by atoms with Crippen LogP contribution in [0.4, 0.5) is 5.69 Å². The number of anilines is 1. The quantitative estimate of drug-likeness (QED) is 0.583. The summed E-state index contributed by atoms with van der Waals surface area (Å²) in [6.45, 7) is 0.453. The standard InChI is InChI=1S/C13H15N5O2/c14-7-1-3-10-9(5-7)12(18-17-10)13(20)16-8-2-4-11(19)15-6-8/h1,3,5,8H,2,4,6,14H2,(H,15,19)(H,16,20)(H,17,18). The van der Waals surface area contributed by atoms with Gasteiger partial charge in [0, 0.05) is 30.1 Å². The summed E-state index contributed by atoms with van der Waals surface area (Å²) in [5.74, 6) is -0.239. The Kier molecular flexibility index (Phi) is 3.02. The van der Waals surface area contributed by atoms with Crippen molar-refractivity contribution in [3.63, 3.8) is 0 Å². The topological polar surface area (TPSA) is 113 Å². The van der Waals surface area contributed by atoms with Crippen LogP contribution in [0.15, 0.2) is 18.2 Å². The Morgan fingerprint density at radius 2 is 2.30 bits per heavy atom. The molecule has 1 aliphatic rings. The number of fused-ring (bicyclic) bond motifs is 1. The van der Waals surface area contributed by atoms with Gasteiger partial charge in [-0.05, 0) is 24.6 Å². The van der Waals surface area contributed by atoms with Gasteiger partial charge < -0.3 is 16.4 Å². The Bertz CT molecular complexity index is 668. The molecule has 1 unspecified atom stereocenters. The molecule has 1 saturated heterocycles. The summed E-state index contributed by atoms with van der Waals surface area (Å²) in [5, 5.41) is 13.1. The molecule has 1 atom stereocenters. The van der Waals surface area contributed by atoms with E-state index in [1.807, 2.05) is 0 Å². The van der Waals surface area contributed by atoms with E-state index in [9.17, 15) is 9.59 Å². The molecule has 2 aromatic rings. The Hall–Kier alpha value is -2.57. The minimum atomic E-state index is -0.261. The Labute approximate surface area is 114 Å². The number of aromatic nitrogens is 2. The zero-order valence-electron chi connectivity index (χ0n) is 10.8. The molecule has 3 rings (SSSR count). The van der Waals surface area contributed by atoms with Gasteiger partial charge in [0.05, 0.1) is 5.52 Å². The first-order valence-corrected chi connectivity index (χ1v) is 6.44. The van der Waals surface area contributed by atoms with E-state index >= 15 is 0 Å². The molecule has 1 aromatic carbocycles. The number of nitrogen functional groups attached to an aromatic ring is 1. The molecule has 0 aliphatic carbocycles. The highest BCUT2D eigenvalue weighted by Crippen LogP contribution is 2.19. The summed E-state index contributed by atoms with van der Waals surface area (Å²) in [6.07, 6.45) is 1.07. The molecule has 0 spiro atoms. The second-order valence-electron chi connectivity index (χ2n) is 4.89. The molecular formula is C13H15N5O2. The van der Waals surface area contributed by atoms with Gasteiger partial charge in [-0.2, -0.15) is 5.10 Å². The van der Waals surface area contributed by atoms with E-state index in [1.54, 1.807) is 18.2 Å². The lowest BCUT2D eigenvalue weighted by molar-refractivity contribution is -0.122. The van der Waals surface area contributed by atoms with Crippen LogP contribution in [0.1, 0.15) is 23.3 Å². The summed E-state index contributed by atoms with van der Waals surface area (Å²) in [5.41, 5.74) is 7.40. The van der Waals surface area contributed by atoms with Crippen LogP contribution in [0.3, 0.4) is 0 Å². The SMILES string of the molecule is Nc1ccc2[nH]nc(C(=O)NC3CCC(=O)NC3)c2c1. The molecule has 104 valence electrons. The number of aromatic amines is 1. The number of piperidine rings is 1. The molecule has 2 amide bonds. The van der Waals surface area contributed by atoms with Crippen LogP contribution in [-0.4, -0.2) is 34.6 Å². The molecule has 1 aliphatic heterocycles. The van der Waals surface area contributed by atoms with E-state index < -0.39 is 0 Å². The Morgan fingerprint density at radius 3 is 3.05 bits per heavy atom. The van der Waals surface area contributed by atoms with Gasteiger partial charge >= 0.3 is 0 Å². The van der Waals surface area contributed by atoms with Crippen molar-refractivity contribution in [1.82, 2.24) is 20.8 Å². The largest absolute Gasteiger partial charge is 0.399 e. The molecule has 7 heteroatoms. The van der Waals surface area contributed by atoms with Crippen molar-refractivity contribution < 1.29 is 9.59 Å². The van der Waals surface area contributed by atoms with Crippen molar-refractivity contribution in [2.45, 2.75) is 18.9 Å². The number of carbonyl (C=O) groups excluding carboxylic acids is 2. The summed E-state index contributed by atoms with van der Waals surface area (Å²) in [6, 6.07) is 5.19. The minimum absolute atomic E-state index is 0.0218. The highest BCUT2D eigenvalue weighted by atomic mass is 16.2. The Balaban J connectivity index is 1.78. The van der Waals surface area contributed by atoms with Crippen LogP contribution in [0.5, 0.6) is 0 Å². The van der Waals surface area contributed by atoms with Crippen LogP contribution in [0.2, 0.25) is 0 Å². The maximum absolute atomic E-state index is 12.2. The highest BCUT2D eigenvalue weighted by Gasteiger charge is 2.22. The first-order chi connectivity index (χ1) is 9.63. The normalized spacial score (nSPS) is 18.8. The molecule has 0 saturated carbocycles. The van der Waals surface area contributed by atoms with Gasteiger partial charge in [0.15, 0.2) is 5.69 Å². The maximum atomic E-state index is 12.2. The lowest BCUT2D eigenvalue weighted by Crippen LogP contribution is -2.47. The lowest BCUT2D eigenvalue weighted by Gasteiger charge is -2.23. The van der Waals surface area contributed by atoms with E-state index in [0.717, 1.165) is 5.52 Å². The number of nitrogens with two attached hydrogens (primary N) is 1. The number of rotatable bonds is 2. The van der Waals surface area contributed by atoms with Gasteiger partial charge in [-0.15, -0.1) is 0 Å². The molecule has 0 radical (unpaired) electrons. The van der Waals surface area contributed by atoms with Crippen molar-refractivity contribution in [3.05, 3.63) is 23.9 Å². The molecule has 1 fully saturated rings. The van der Waals surface area contributed by atoms with E-state index in [0.29, 0.717) is 36.2 Å². The zero-order chi connectivity index (χ0) is 14.1. The predicted molar refractivity (Wildman–Crippen MR) is 74.0 cm³/mol. The zero-order valence-corrected chi connectivity index (χ0v) is 10.8. The van der Waals surface area contributed by atoms with Crippen molar-refractivity contribution in [2.75, 3.05) is 12.3 Å². The van der Waals surface area contributed by atoms with Crippen LogP contribution in [-0.2, 0) is 4.79 Å². The van der Waals surface area contributed by atoms with Gasteiger partial charge in [-0.3, -0.25) is 14.7 Å². The molecular weight excluding hydrogens is 258 g/mol. The van der Waals surface area contributed by atoms with Crippen molar-refractivity contribution >= 4 is 28.4 Å². The summed E-state index contributed by atoms with van der Waals surface area (Å²) in [4.78, 5) is 23.3. The van der Waals surface area contributed by atoms with E-state index in [2.05, 4.69) is 20.8 Å². The fourth-order valence-corrected chi connectivity index (χ4v) is 2.31. The third-order valence-corrected chi connectivity index (χ3v) is 3.40. The molecule has 7 nitrogen and oxygen atoms in total. The summed E-state index contributed by atoms with van der Waals surface area (Å²) < 4.78 is 0. The smallest absolute Gasteiger partial charge is 0.272 e. The van der Waals surface area contributed by atoms with Gasteiger partial charge in [-0.25, -0.2) is 0 Å². The van der Waals surface area contributed by atoms with E-state index in [-0.39, 0.29) is 17.9 Å². The number of amides is 2. The minimum Gasteiger partial charge on any atom is -0.399 e. The molecule has 1 aromatic heterocycles. The number of H-pyrrole nitrogens is 1. The van der Waals surface area contributed by atoms with Gasteiger partial charge in [0.1, 0.15) is 0 Å². The van der Waals surface area contributed by atoms with Crippen molar-refractivity contribution in [2.24, 2.45) is 0 Å². The molecule has 2 heterocycles. The first kappa shape index (κ1) is 12.5. The number of nitrogens with zero attached hydrogens (tertiary/aromatic N) is 1. The van der Waals surface area contributed by atoms with Crippen molar-refractivity contribution in [1.29, 1.82) is 0 Å². The van der Waals surface area contributed by atoms with Crippen LogP contribution < -0.4 is 16.4 Å². The average Bonchev–Trinajstić information content (AvgIpc) is 2.84. The average molecular weight is 273 g/mol. The van der Waals surface area contributed by atoms with Crippen LogP contribution in [0.25, 0.3) is 10.9 Å². The maximum Gasteiger partial charge on any atom is 0.272 e. The van der Waals surface area contributed by atoms with Gasteiger partial charge in [0.25, 0.3) is 5.91 Å². The lowest BCUT2D eigenvalue weighted by atomic mass is 10.1. The fraction of sp³-hybridized carbons (Fsp3) is 0.308. The third-order valence-electron chi connectivity index (χ3n) is 3.40. The van der Waals surface area contributed by atoms with Crippen LogP contribution >= 0.6 is 0 Å². The molecule has 5 N–H and O–H groups in total. The van der Waals surface area contributed by atoms with Gasteiger partial charge in [0.2, 0.25) is 5.91 Å².